The van der Waals surface area contributed by atoms with E-state index in [2.05, 4.69) is 46.5 Å². The summed E-state index contributed by atoms with van der Waals surface area (Å²) in [4.78, 5) is 15.0. The van der Waals surface area contributed by atoms with Gasteiger partial charge in [-0.15, -0.1) is 0 Å². The Hall–Kier alpha value is -3.18. The molecule has 4 rings (SSSR count). The molecule has 0 aliphatic carbocycles. The second-order valence-corrected chi connectivity index (χ2v) is 8.71. The molecule has 166 valence electrons. The van der Waals surface area contributed by atoms with Gasteiger partial charge in [-0.05, 0) is 57.4 Å². The number of piperidine rings is 1. The van der Waals surface area contributed by atoms with Crippen molar-refractivity contribution >= 4 is 12.0 Å². The minimum atomic E-state index is -0.0339. The molecular formula is C27H32N4O. The van der Waals surface area contributed by atoms with Crippen molar-refractivity contribution in [1.82, 2.24) is 20.0 Å². The average molecular weight is 429 g/mol. The summed E-state index contributed by atoms with van der Waals surface area (Å²) in [6, 6.07) is 19.0. The predicted molar refractivity (Wildman–Crippen MR) is 130 cm³/mol. The van der Waals surface area contributed by atoms with Crippen LogP contribution in [0.4, 0.5) is 0 Å². The fourth-order valence-corrected chi connectivity index (χ4v) is 4.43. The number of likely N-dealkylation sites (tertiary alicyclic amines) is 1. The molecule has 1 aliphatic heterocycles. The number of nitrogens with one attached hydrogen (secondary N) is 1. The number of benzene rings is 2. The van der Waals surface area contributed by atoms with Gasteiger partial charge in [0, 0.05) is 43.0 Å². The molecule has 5 nitrogen and oxygen atoms in total. The lowest BCUT2D eigenvalue weighted by Gasteiger charge is -2.32. The molecule has 5 heteroatoms. The van der Waals surface area contributed by atoms with E-state index >= 15 is 0 Å². The molecule has 1 amide bonds. The zero-order chi connectivity index (χ0) is 22.5. The van der Waals surface area contributed by atoms with Gasteiger partial charge in [-0.1, -0.05) is 48.0 Å². The SMILES string of the molecule is Cc1cccc(CN2CCC(NC(=O)/C=C/c3c(C)nn(-c4ccccc4)c3C)CC2)c1. The molecule has 2 aromatic carbocycles. The number of aryl methyl sites for hydroxylation is 2. The molecule has 1 N–H and O–H groups in total. The zero-order valence-electron chi connectivity index (χ0n) is 19.2. The number of aromatic nitrogens is 2. The summed E-state index contributed by atoms with van der Waals surface area (Å²) in [6.07, 6.45) is 5.50. The van der Waals surface area contributed by atoms with Gasteiger partial charge in [0.25, 0.3) is 0 Å². The first-order valence-electron chi connectivity index (χ1n) is 11.4. The maximum Gasteiger partial charge on any atom is 0.244 e. The van der Waals surface area contributed by atoms with Crippen molar-refractivity contribution in [3.05, 3.63) is 88.8 Å². The lowest BCUT2D eigenvalue weighted by atomic mass is 10.0. The van der Waals surface area contributed by atoms with Gasteiger partial charge in [-0.2, -0.15) is 5.10 Å². The standard InChI is InChI=1S/C27H32N4O/c1-20-8-7-9-23(18-20)19-30-16-14-24(15-17-30)28-27(32)13-12-26-21(2)29-31(22(26)3)25-10-5-4-6-11-25/h4-13,18,24H,14-17,19H2,1-3H3,(H,28,32)/b13-12+. The Morgan fingerprint density at radius 2 is 1.81 bits per heavy atom. The Morgan fingerprint density at radius 3 is 2.53 bits per heavy atom. The number of carbonyl (C=O) groups is 1. The lowest BCUT2D eigenvalue weighted by molar-refractivity contribution is -0.117. The van der Waals surface area contributed by atoms with Crippen LogP contribution in [0.2, 0.25) is 0 Å². The maximum absolute atomic E-state index is 12.6. The number of nitrogens with zero attached hydrogens (tertiary/aromatic N) is 3. The molecule has 0 saturated carbocycles. The lowest BCUT2D eigenvalue weighted by Crippen LogP contribution is -2.43. The molecule has 0 radical (unpaired) electrons. The van der Waals surface area contributed by atoms with E-state index in [9.17, 15) is 4.79 Å². The summed E-state index contributed by atoms with van der Waals surface area (Å²) >= 11 is 0. The molecular weight excluding hydrogens is 396 g/mol. The highest BCUT2D eigenvalue weighted by Crippen LogP contribution is 2.19. The first kappa shape index (κ1) is 22.0. The van der Waals surface area contributed by atoms with Crippen molar-refractivity contribution in [2.75, 3.05) is 13.1 Å². The van der Waals surface area contributed by atoms with Crippen molar-refractivity contribution < 1.29 is 4.79 Å². The van der Waals surface area contributed by atoms with Crippen LogP contribution in [0.15, 0.2) is 60.7 Å². The van der Waals surface area contributed by atoms with Crippen LogP contribution >= 0.6 is 0 Å². The van der Waals surface area contributed by atoms with Gasteiger partial charge in [0.05, 0.1) is 11.4 Å². The van der Waals surface area contributed by atoms with Crippen molar-refractivity contribution in [3.8, 4) is 5.69 Å². The highest BCUT2D eigenvalue weighted by molar-refractivity contribution is 5.92. The molecule has 1 saturated heterocycles. The van der Waals surface area contributed by atoms with Crippen LogP contribution in [0.3, 0.4) is 0 Å². The Labute approximate surface area is 190 Å². The summed E-state index contributed by atoms with van der Waals surface area (Å²) in [6.45, 7) is 9.14. The van der Waals surface area contributed by atoms with E-state index in [0.29, 0.717) is 0 Å². The first-order chi connectivity index (χ1) is 15.5. The Bertz CT molecular complexity index is 1090. The number of hydrogen-bond acceptors (Lipinski definition) is 3. The smallest absolute Gasteiger partial charge is 0.244 e. The number of para-hydroxylation sites is 1. The maximum atomic E-state index is 12.6. The normalized spacial score (nSPS) is 15.3. The van der Waals surface area contributed by atoms with Crippen LogP contribution in [0.5, 0.6) is 0 Å². The number of rotatable bonds is 6. The molecule has 0 spiro atoms. The van der Waals surface area contributed by atoms with E-state index in [1.165, 1.54) is 11.1 Å². The van der Waals surface area contributed by atoms with Crippen LogP contribution in [-0.2, 0) is 11.3 Å². The molecule has 2 heterocycles. The highest BCUT2D eigenvalue weighted by atomic mass is 16.1. The molecule has 0 unspecified atom stereocenters. The summed E-state index contributed by atoms with van der Waals surface area (Å²) in [5.41, 5.74) is 6.63. The van der Waals surface area contributed by atoms with E-state index < -0.39 is 0 Å². The largest absolute Gasteiger partial charge is 0.350 e. The molecule has 1 fully saturated rings. The Balaban J connectivity index is 1.31. The molecule has 32 heavy (non-hydrogen) atoms. The molecule has 3 aromatic rings. The third-order valence-electron chi connectivity index (χ3n) is 6.17. The number of hydrogen-bond donors (Lipinski definition) is 1. The molecule has 1 aliphatic rings. The van der Waals surface area contributed by atoms with Crippen LogP contribution in [-0.4, -0.2) is 39.7 Å². The van der Waals surface area contributed by atoms with E-state index in [4.69, 9.17) is 0 Å². The van der Waals surface area contributed by atoms with Crippen molar-refractivity contribution in [3.63, 3.8) is 0 Å². The van der Waals surface area contributed by atoms with Gasteiger partial charge in [0.15, 0.2) is 0 Å². The van der Waals surface area contributed by atoms with Crippen molar-refractivity contribution in [2.45, 2.75) is 46.2 Å². The van der Waals surface area contributed by atoms with E-state index in [1.807, 2.05) is 54.9 Å². The van der Waals surface area contributed by atoms with E-state index in [1.54, 1.807) is 6.08 Å². The second kappa shape index (κ2) is 9.96. The summed E-state index contributed by atoms with van der Waals surface area (Å²) in [7, 11) is 0. The first-order valence-corrected chi connectivity index (χ1v) is 11.4. The number of amides is 1. The minimum absolute atomic E-state index is 0.0339. The van der Waals surface area contributed by atoms with Gasteiger partial charge in [0.2, 0.25) is 5.91 Å². The molecule has 0 bridgehead atoms. The summed E-state index contributed by atoms with van der Waals surface area (Å²) in [5, 5.41) is 7.83. The third kappa shape index (κ3) is 5.35. The van der Waals surface area contributed by atoms with Gasteiger partial charge < -0.3 is 5.32 Å². The Kier molecular flexibility index (Phi) is 6.86. The van der Waals surface area contributed by atoms with E-state index in [0.717, 1.165) is 55.1 Å². The molecule has 1 aromatic heterocycles. The third-order valence-corrected chi connectivity index (χ3v) is 6.17. The fraction of sp³-hybridized carbons (Fsp3) is 0.333. The van der Waals surface area contributed by atoms with Gasteiger partial charge in [-0.3, -0.25) is 9.69 Å². The topological polar surface area (TPSA) is 50.2 Å². The van der Waals surface area contributed by atoms with Crippen LogP contribution < -0.4 is 5.32 Å². The second-order valence-electron chi connectivity index (χ2n) is 8.71. The van der Waals surface area contributed by atoms with Crippen LogP contribution in [0.1, 0.15) is 40.9 Å². The molecule has 0 atom stereocenters. The van der Waals surface area contributed by atoms with Crippen LogP contribution in [0, 0.1) is 20.8 Å². The Morgan fingerprint density at radius 1 is 1.06 bits per heavy atom. The quantitative estimate of drug-likeness (QED) is 0.584. The monoisotopic (exact) mass is 428 g/mol. The summed E-state index contributed by atoms with van der Waals surface area (Å²) in [5.74, 6) is -0.0339. The minimum Gasteiger partial charge on any atom is -0.350 e. The number of carbonyl (C=O) groups excluding carboxylic acids is 1. The average Bonchev–Trinajstić information content (AvgIpc) is 3.07. The van der Waals surface area contributed by atoms with E-state index in [-0.39, 0.29) is 11.9 Å². The van der Waals surface area contributed by atoms with Crippen molar-refractivity contribution in [1.29, 1.82) is 0 Å². The van der Waals surface area contributed by atoms with Gasteiger partial charge >= 0.3 is 0 Å². The summed E-state index contributed by atoms with van der Waals surface area (Å²) < 4.78 is 1.93. The highest BCUT2D eigenvalue weighted by Gasteiger charge is 2.20. The zero-order valence-corrected chi connectivity index (χ0v) is 19.2. The fourth-order valence-electron chi connectivity index (χ4n) is 4.43. The predicted octanol–water partition coefficient (Wildman–Crippen LogP) is 4.59. The van der Waals surface area contributed by atoms with Crippen LogP contribution in [0.25, 0.3) is 11.8 Å². The van der Waals surface area contributed by atoms with Gasteiger partial charge in [-0.25, -0.2) is 4.68 Å². The van der Waals surface area contributed by atoms with Crippen molar-refractivity contribution in [2.24, 2.45) is 0 Å². The van der Waals surface area contributed by atoms with Gasteiger partial charge in [0.1, 0.15) is 0 Å².